The van der Waals surface area contributed by atoms with Crippen LogP contribution in [0.3, 0.4) is 0 Å². The van der Waals surface area contributed by atoms with E-state index in [9.17, 15) is 9.59 Å². The number of carbonyl (C=O) groups excluding carboxylic acids is 1. The maximum absolute atomic E-state index is 11.7. The first-order chi connectivity index (χ1) is 6.57. The predicted octanol–water partition coefficient (Wildman–Crippen LogP) is 0.724. The molecule has 1 aliphatic rings. The first-order valence-electron chi connectivity index (χ1n) is 4.21. The molecular weight excluding hydrogens is 222 g/mol. The highest BCUT2D eigenvalue weighted by molar-refractivity contribution is 8.00. The largest absolute Gasteiger partial charge is 0.480 e. The molecule has 80 valence electrons. The highest BCUT2D eigenvalue weighted by Gasteiger charge is 2.35. The van der Waals surface area contributed by atoms with Gasteiger partial charge in [-0.15, -0.1) is 11.8 Å². The van der Waals surface area contributed by atoms with Gasteiger partial charge in [-0.2, -0.15) is 11.8 Å². The van der Waals surface area contributed by atoms with Crippen molar-refractivity contribution in [2.75, 3.05) is 17.9 Å². The molecule has 0 radical (unpaired) electrons. The molecule has 1 amide bonds. The molecule has 1 fully saturated rings. The van der Waals surface area contributed by atoms with E-state index in [1.165, 1.54) is 28.4 Å². The summed E-state index contributed by atoms with van der Waals surface area (Å²) in [5.41, 5.74) is 0. The number of carbonyl (C=O) groups is 2. The Morgan fingerprint density at radius 3 is 2.79 bits per heavy atom. The quantitative estimate of drug-likeness (QED) is 0.781. The maximum atomic E-state index is 11.7. The number of aliphatic carboxylic acids is 1. The lowest BCUT2D eigenvalue weighted by Gasteiger charge is -2.22. The third-order valence-corrected chi connectivity index (χ3v) is 4.07. The van der Waals surface area contributed by atoms with Crippen molar-refractivity contribution in [1.29, 1.82) is 0 Å². The minimum absolute atomic E-state index is 0.0742. The Morgan fingerprint density at radius 2 is 2.29 bits per heavy atom. The molecule has 0 aromatic rings. The SMILES string of the molecule is CSC(C)C(=O)N1CSCC1C(=O)O. The Balaban J connectivity index is 2.67. The van der Waals surface area contributed by atoms with E-state index in [1.54, 1.807) is 6.92 Å². The number of thioether (sulfide) groups is 2. The monoisotopic (exact) mass is 235 g/mol. The molecule has 0 saturated carbocycles. The number of carboxylic acids is 1. The van der Waals surface area contributed by atoms with E-state index in [2.05, 4.69) is 0 Å². The smallest absolute Gasteiger partial charge is 0.327 e. The van der Waals surface area contributed by atoms with E-state index in [4.69, 9.17) is 5.11 Å². The molecule has 0 bridgehead atoms. The Hall–Kier alpha value is -0.360. The summed E-state index contributed by atoms with van der Waals surface area (Å²) in [6.45, 7) is 1.80. The second kappa shape index (κ2) is 4.93. The fraction of sp³-hybridized carbons (Fsp3) is 0.750. The topological polar surface area (TPSA) is 57.6 Å². The van der Waals surface area contributed by atoms with Crippen LogP contribution < -0.4 is 0 Å². The fourth-order valence-corrected chi connectivity index (χ4v) is 2.69. The van der Waals surface area contributed by atoms with Gasteiger partial charge in [0, 0.05) is 5.75 Å². The van der Waals surface area contributed by atoms with E-state index in [0.717, 1.165) is 0 Å². The van der Waals surface area contributed by atoms with Gasteiger partial charge in [-0.1, -0.05) is 0 Å². The minimum atomic E-state index is -0.906. The van der Waals surface area contributed by atoms with Crippen molar-refractivity contribution in [2.24, 2.45) is 0 Å². The predicted molar refractivity (Wildman–Crippen MR) is 58.6 cm³/mol. The number of nitrogens with zero attached hydrogens (tertiary/aromatic N) is 1. The van der Waals surface area contributed by atoms with Gasteiger partial charge in [-0.05, 0) is 13.2 Å². The Morgan fingerprint density at radius 1 is 1.64 bits per heavy atom. The van der Waals surface area contributed by atoms with E-state index >= 15 is 0 Å². The molecule has 1 aliphatic heterocycles. The molecule has 1 heterocycles. The summed E-state index contributed by atoms with van der Waals surface area (Å²) in [7, 11) is 0. The molecule has 6 heteroatoms. The zero-order chi connectivity index (χ0) is 10.7. The summed E-state index contributed by atoms with van der Waals surface area (Å²) in [5, 5.41) is 8.72. The molecule has 1 rings (SSSR count). The van der Waals surface area contributed by atoms with Gasteiger partial charge in [0.15, 0.2) is 0 Å². The summed E-state index contributed by atoms with van der Waals surface area (Å²) in [6.07, 6.45) is 1.85. The van der Waals surface area contributed by atoms with Crippen molar-refractivity contribution >= 4 is 35.4 Å². The Bertz CT molecular complexity index is 247. The van der Waals surface area contributed by atoms with Gasteiger partial charge in [-0.25, -0.2) is 4.79 Å². The molecule has 2 unspecified atom stereocenters. The first kappa shape index (κ1) is 11.7. The van der Waals surface area contributed by atoms with E-state index < -0.39 is 12.0 Å². The van der Waals surface area contributed by atoms with Crippen LogP contribution in [0.15, 0.2) is 0 Å². The molecule has 1 N–H and O–H groups in total. The Labute approximate surface area is 91.4 Å². The van der Waals surface area contributed by atoms with Crippen molar-refractivity contribution in [2.45, 2.75) is 18.2 Å². The lowest BCUT2D eigenvalue weighted by Crippen LogP contribution is -2.44. The van der Waals surface area contributed by atoms with Crippen LogP contribution in [0.5, 0.6) is 0 Å². The van der Waals surface area contributed by atoms with Crippen LogP contribution in [0.25, 0.3) is 0 Å². The maximum Gasteiger partial charge on any atom is 0.327 e. The van der Waals surface area contributed by atoms with Gasteiger partial charge >= 0.3 is 5.97 Å². The minimum Gasteiger partial charge on any atom is -0.480 e. The molecule has 4 nitrogen and oxygen atoms in total. The average Bonchev–Trinajstić information content (AvgIpc) is 2.63. The van der Waals surface area contributed by atoms with E-state index in [-0.39, 0.29) is 11.2 Å². The summed E-state index contributed by atoms with van der Waals surface area (Å²) >= 11 is 2.93. The van der Waals surface area contributed by atoms with Gasteiger partial charge < -0.3 is 10.0 Å². The molecule has 14 heavy (non-hydrogen) atoms. The second-order valence-electron chi connectivity index (χ2n) is 3.04. The summed E-state index contributed by atoms with van der Waals surface area (Å²) in [5.74, 6) is 0.0228. The normalized spacial score (nSPS) is 23.6. The Kier molecular flexibility index (Phi) is 4.12. The van der Waals surface area contributed by atoms with Gasteiger partial charge in [0.25, 0.3) is 0 Å². The number of amides is 1. The molecule has 2 atom stereocenters. The van der Waals surface area contributed by atoms with Crippen LogP contribution in [-0.4, -0.2) is 51.1 Å². The molecule has 0 aliphatic carbocycles. The fourth-order valence-electron chi connectivity index (χ4n) is 1.20. The van der Waals surface area contributed by atoms with Crippen molar-refractivity contribution in [3.63, 3.8) is 0 Å². The van der Waals surface area contributed by atoms with Crippen LogP contribution in [0, 0.1) is 0 Å². The zero-order valence-electron chi connectivity index (χ0n) is 8.10. The lowest BCUT2D eigenvalue weighted by molar-refractivity contribution is -0.147. The molecule has 0 aromatic heterocycles. The van der Waals surface area contributed by atoms with Crippen LogP contribution in [0.1, 0.15) is 6.92 Å². The molecule has 0 aromatic carbocycles. The summed E-state index contributed by atoms with van der Waals surface area (Å²) < 4.78 is 0. The van der Waals surface area contributed by atoms with Gasteiger partial charge in [-0.3, -0.25) is 4.79 Å². The number of hydrogen-bond donors (Lipinski definition) is 1. The molecule has 0 spiro atoms. The summed E-state index contributed by atoms with van der Waals surface area (Å²) in [4.78, 5) is 24.0. The third-order valence-electron chi connectivity index (χ3n) is 2.15. The second-order valence-corrected chi connectivity index (χ2v) is 5.22. The number of rotatable bonds is 3. The van der Waals surface area contributed by atoms with Crippen molar-refractivity contribution < 1.29 is 14.7 Å². The van der Waals surface area contributed by atoms with E-state index in [0.29, 0.717) is 11.6 Å². The van der Waals surface area contributed by atoms with Crippen LogP contribution in [0.4, 0.5) is 0 Å². The van der Waals surface area contributed by atoms with Crippen LogP contribution >= 0.6 is 23.5 Å². The van der Waals surface area contributed by atoms with Crippen LogP contribution in [-0.2, 0) is 9.59 Å². The van der Waals surface area contributed by atoms with E-state index in [1.807, 2.05) is 6.26 Å². The highest BCUT2D eigenvalue weighted by Crippen LogP contribution is 2.23. The third kappa shape index (κ3) is 2.36. The van der Waals surface area contributed by atoms with Crippen molar-refractivity contribution in [3.8, 4) is 0 Å². The zero-order valence-corrected chi connectivity index (χ0v) is 9.73. The highest BCUT2D eigenvalue weighted by atomic mass is 32.2. The standard InChI is InChI=1S/C8H13NO3S2/c1-5(13-2)7(10)9-4-14-3-6(9)8(11)12/h5-6H,3-4H2,1-2H3,(H,11,12). The van der Waals surface area contributed by atoms with Crippen molar-refractivity contribution in [1.82, 2.24) is 4.90 Å². The van der Waals surface area contributed by atoms with Gasteiger partial charge in [0.05, 0.1) is 11.1 Å². The van der Waals surface area contributed by atoms with Crippen molar-refractivity contribution in [3.05, 3.63) is 0 Å². The lowest BCUT2D eigenvalue weighted by atomic mass is 10.3. The first-order valence-corrected chi connectivity index (χ1v) is 6.66. The van der Waals surface area contributed by atoms with Crippen LogP contribution in [0.2, 0.25) is 0 Å². The molecule has 1 saturated heterocycles. The number of hydrogen-bond acceptors (Lipinski definition) is 4. The van der Waals surface area contributed by atoms with Gasteiger partial charge in [0.2, 0.25) is 5.91 Å². The average molecular weight is 235 g/mol. The molecular formula is C8H13NO3S2. The number of carboxylic acid groups (broad SMARTS) is 1. The van der Waals surface area contributed by atoms with Gasteiger partial charge in [0.1, 0.15) is 6.04 Å². The summed E-state index contributed by atoms with van der Waals surface area (Å²) in [6, 6.07) is -0.637.